The van der Waals surface area contributed by atoms with Crippen molar-refractivity contribution in [1.29, 1.82) is 0 Å². The minimum absolute atomic E-state index is 0.213. The Morgan fingerprint density at radius 1 is 1.21 bits per heavy atom. The molecule has 0 saturated heterocycles. The zero-order valence-corrected chi connectivity index (χ0v) is 15.1. The second-order valence-corrected chi connectivity index (χ2v) is 5.79. The van der Waals surface area contributed by atoms with Gasteiger partial charge >= 0.3 is 0 Å². The molecule has 2 aromatic carbocycles. The zero-order valence-electron chi connectivity index (χ0n) is 13.6. The van der Waals surface area contributed by atoms with Crippen molar-refractivity contribution in [2.75, 3.05) is 20.3 Å². The molecule has 0 aromatic heterocycles. The molecule has 0 saturated carbocycles. The average molecular weight is 388 g/mol. The van der Waals surface area contributed by atoms with Crippen molar-refractivity contribution < 1.29 is 14.3 Å². The largest absolute Gasteiger partial charge is 0.497 e. The minimum atomic E-state index is -0.213. The van der Waals surface area contributed by atoms with Crippen molar-refractivity contribution in [2.24, 2.45) is 0 Å². The third-order valence-corrected chi connectivity index (χ3v) is 3.97. The summed E-state index contributed by atoms with van der Waals surface area (Å²) in [5.41, 5.74) is 1.57. The zero-order chi connectivity index (χ0) is 17.4. The molecule has 0 aliphatic carbocycles. The number of methoxy groups -OCH3 is 1. The van der Waals surface area contributed by atoms with Gasteiger partial charge in [-0.1, -0.05) is 30.0 Å². The van der Waals surface area contributed by atoms with Crippen LogP contribution in [-0.2, 0) is 0 Å². The van der Waals surface area contributed by atoms with Crippen LogP contribution in [0.1, 0.15) is 15.9 Å². The summed E-state index contributed by atoms with van der Waals surface area (Å²) >= 11 is 3.35. The number of carbonyl (C=O) groups is 1. The van der Waals surface area contributed by atoms with Gasteiger partial charge in [0, 0.05) is 4.47 Å². The van der Waals surface area contributed by atoms with E-state index in [-0.39, 0.29) is 19.1 Å². The molecule has 2 rings (SSSR count). The molecule has 0 spiro atoms. The first-order valence-corrected chi connectivity index (χ1v) is 8.17. The van der Waals surface area contributed by atoms with E-state index in [1.807, 2.05) is 31.2 Å². The number of amides is 1. The Hall–Kier alpha value is -2.45. The van der Waals surface area contributed by atoms with Gasteiger partial charge in [0.2, 0.25) is 0 Å². The molecule has 124 valence electrons. The molecule has 5 heteroatoms. The topological polar surface area (TPSA) is 47.6 Å². The number of hydrogen-bond donors (Lipinski definition) is 1. The van der Waals surface area contributed by atoms with Crippen molar-refractivity contribution in [2.45, 2.75) is 6.92 Å². The molecule has 0 radical (unpaired) electrons. The molecule has 0 unspecified atom stereocenters. The summed E-state index contributed by atoms with van der Waals surface area (Å²) in [5, 5.41) is 2.75. The van der Waals surface area contributed by atoms with Crippen LogP contribution >= 0.6 is 15.9 Å². The molecule has 0 aliphatic rings. The van der Waals surface area contributed by atoms with E-state index >= 15 is 0 Å². The summed E-state index contributed by atoms with van der Waals surface area (Å²) < 4.78 is 11.4. The summed E-state index contributed by atoms with van der Waals surface area (Å²) in [6, 6.07) is 13.0. The third kappa shape index (κ3) is 5.04. The molecule has 4 nitrogen and oxygen atoms in total. The lowest BCUT2D eigenvalue weighted by molar-refractivity contribution is 0.0957. The van der Waals surface area contributed by atoms with E-state index in [9.17, 15) is 4.79 Å². The smallest absolute Gasteiger partial charge is 0.253 e. The summed E-state index contributed by atoms with van der Waals surface area (Å²) in [4.78, 5) is 12.1. The maximum absolute atomic E-state index is 12.1. The highest BCUT2D eigenvalue weighted by Gasteiger charge is 2.10. The Labute approximate surface area is 150 Å². The number of benzene rings is 2. The van der Waals surface area contributed by atoms with Crippen LogP contribution in [-0.4, -0.2) is 26.2 Å². The van der Waals surface area contributed by atoms with Crippen molar-refractivity contribution in [1.82, 2.24) is 5.32 Å². The molecule has 0 bridgehead atoms. The molecular formula is C19H18BrNO3. The van der Waals surface area contributed by atoms with Gasteiger partial charge in [-0.3, -0.25) is 4.79 Å². The van der Waals surface area contributed by atoms with Crippen LogP contribution in [0.2, 0.25) is 0 Å². The van der Waals surface area contributed by atoms with Gasteiger partial charge in [0.25, 0.3) is 5.91 Å². The van der Waals surface area contributed by atoms with Gasteiger partial charge in [0.05, 0.1) is 19.2 Å². The third-order valence-electron chi connectivity index (χ3n) is 3.27. The standard InChI is InChI=1S/C19H18BrNO3/c1-14-7-3-4-8-18(14)24-12-6-5-11-21-19(22)16-13-15(23-2)9-10-17(16)20/h3-4,7-10,13H,11-12H2,1-2H3,(H,21,22). The maximum atomic E-state index is 12.1. The number of carbonyl (C=O) groups excluding carboxylic acids is 1. The fourth-order valence-corrected chi connectivity index (χ4v) is 2.40. The van der Waals surface area contributed by atoms with E-state index < -0.39 is 0 Å². The Morgan fingerprint density at radius 3 is 2.75 bits per heavy atom. The van der Waals surface area contributed by atoms with Crippen molar-refractivity contribution in [3.05, 3.63) is 58.1 Å². The van der Waals surface area contributed by atoms with Crippen molar-refractivity contribution in [3.8, 4) is 23.3 Å². The number of halogens is 1. The molecule has 0 fully saturated rings. The number of ether oxygens (including phenoxy) is 2. The van der Waals surface area contributed by atoms with E-state index in [2.05, 4.69) is 33.1 Å². The highest BCUT2D eigenvalue weighted by atomic mass is 79.9. The highest BCUT2D eigenvalue weighted by Crippen LogP contribution is 2.22. The molecule has 0 aliphatic heterocycles. The van der Waals surface area contributed by atoms with Crippen LogP contribution in [0.4, 0.5) is 0 Å². The Bertz CT molecular complexity index is 778. The first kappa shape index (κ1) is 17.9. The molecule has 1 N–H and O–H groups in total. The quantitative estimate of drug-likeness (QED) is 0.797. The van der Waals surface area contributed by atoms with Crippen LogP contribution in [0.15, 0.2) is 46.9 Å². The summed E-state index contributed by atoms with van der Waals surface area (Å²) in [6.45, 7) is 2.51. The van der Waals surface area contributed by atoms with Gasteiger partial charge < -0.3 is 14.8 Å². The fraction of sp³-hybridized carbons (Fsp3) is 0.211. The maximum Gasteiger partial charge on any atom is 0.253 e. The van der Waals surface area contributed by atoms with Gasteiger partial charge in [-0.2, -0.15) is 0 Å². The van der Waals surface area contributed by atoms with Crippen molar-refractivity contribution in [3.63, 3.8) is 0 Å². The average Bonchev–Trinajstić information content (AvgIpc) is 2.59. The first-order chi connectivity index (χ1) is 11.6. The number of aryl methyl sites for hydroxylation is 1. The molecule has 2 aromatic rings. The Morgan fingerprint density at radius 2 is 2.00 bits per heavy atom. The Kier molecular flexibility index (Phi) is 6.71. The van der Waals surface area contributed by atoms with Gasteiger partial charge in [-0.15, -0.1) is 0 Å². The number of para-hydroxylation sites is 1. The predicted octanol–water partition coefficient (Wildman–Crippen LogP) is 3.58. The second kappa shape index (κ2) is 8.99. The number of nitrogens with one attached hydrogen (secondary N) is 1. The summed E-state index contributed by atoms with van der Waals surface area (Å²) in [7, 11) is 1.56. The van der Waals surface area contributed by atoms with Gasteiger partial charge in [-0.25, -0.2) is 0 Å². The van der Waals surface area contributed by atoms with Crippen LogP contribution in [0, 0.1) is 18.8 Å². The van der Waals surface area contributed by atoms with E-state index in [0.29, 0.717) is 15.8 Å². The number of hydrogen-bond acceptors (Lipinski definition) is 3. The molecule has 24 heavy (non-hydrogen) atoms. The molecule has 0 atom stereocenters. The normalized spacial score (nSPS) is 9.62. The molecular weight excluding hydrogens is 370 g/mol. The van der Waals surface area contributed by atoms with Crippen LogP contribution in [0.25, 0.3) is 0 Å². The van der Waals surface area contributed by atoms with Crippen LogP contribution in [0.3, 0.4) is 0 Å². The van der Waals surface area contributed by atoms with E-state index in [0.717, 1.165) is 11.3 Å². The second-order valence-electron chi connectivity index (χ2n) is 4.94. The minimum Gasteiger partial charge on any atom is -0.497 e. The fourth-order valence-electron chi connectivity index (χ4n) is 1.97. The van der Waals surface area contributed by atoms with Crippen molar-refractivity contribution >= 4 is 21.8 Å². The lowest BCUT2D eigenvalue weighted by atomic mass is 10.2. The van der Waals surface area contributed by atoms with Gasteiger partial charge in [0.1, 0.15) is 18.1 Å². The predicted molar refractivity (Wildman–Crippen MR) is 97.5 cm³/mol. The molecule has 0 heterocycles. The molecule has 1 amide bonds. The van der Waals surface area contributed by atoms with Crippen LogP contribution in [0.5, 0.6) is 11.5 Å². The number of rotatable bonds is 5. The summed E-state index contributed by atoms with van der Waals surface area (Å²) in [5.74, 6) is 6.98. The lowest BCUT2D eigenvalue weighted by Crippen LogP contribution is -2.24. The van der Waals surface area contributed by atoms with E-state index in [1.54, 1.807) is 25.3 Å². The Balaban J connectivity index is 1.82. The highest BCUT2D eigenvalue weighted by molar-refractivity contribution is 9.10. The van der Waals surface area contributed by atoms with Gasteiger partial charge in [0.15, 0.2) is 0 Å². The summed E-state index contributed by atoms with van der Waals surface area (Å²) in [6.07, 6.45) is 0. The lowest BCUT2D eigenvalue weighted by Gasteiger charge is -2.07. The van der Waals surface area contributed by atoms with E-state index in [4.69, 9.17) is 9.47 Å². The first-order valence-electron chi connectivity index (χ1n) is 7.37. The SMILES string of the molecule is COc1ccc(Br)c(C(=O)NCC#CCOc2ccccc2C)c1. The van der Waals surface area contributed by atoms with E-state index in [1.165, 1.54) is 0 Å². The van der Waals surface area contributed by atoms with Gasteiger partial charge in [-0.05, 0) is 52.7 Å². The monoisotopic (exact) mass is 387 g/mol. The van der Waals surface area contributed by atoms with Crippen LogP contribution < -0.4 is 14.8 Å².